The maximum atomic E-state index is 6.78. The van der Waals surface area contributed by atoms with E-state index in [2.05, 4.69) is 64.6 Å². The summed E-state index contributed by atoms with van der Waals surface area (Å²) in [5, 5.41) is 0. The number of hydrogen-bond donors (Lipinski definition) is 0. The molecule has 1 heterocycles. The van der Waals surface area contributed by atoms with Crippen LogP contribution in [0.15, 0.2) is 48.1 Å². The fourth-order valence-corrected chi connectivity index (χ4v) is 4.17. The minimum Gasteiger partial charge on any atom is -0.366 e. The Bertz CT molecular complexity index is 605. The topological polar surface area (TPSA) is 9.23 Å². The van der Waals surface area contributed by atoms with Crippen LogP contribution < -0.4 is 0 Å². The summed E-state index contributed by atoms with van der Waals surface area (Å²) in [4.78, 5) is 0. The molecule has 2 bridgehead atoms. The Morgan fingerprint density at radius 1 is 1.30 bits per heavy atom. The third-order valence-corrected chi connectivity index (χ3v) is 5.82. The molecule has 1 nitrogen and oxygen atoms in total. The van der Waals surface area contributed by atoms with E-state index >= 15 is 0 Å². The third-order valence-electron chi connectivity index (χ3n) is 5.82. The lowest BCUT2D eigenvalue weighted by molar-refractivity contribution is -0.181. The Kier molecular flexibility index (Phi) is 4.51. The highest BCUT2D eigenvalue weighted by Gasteiger charge is 2.48. The predicted molar refractivity (Wildman–Crippen MR) is 97.4 cm³/mol. The average molecular weight is 310 g/mol. The molecule has 1 saturated heterocycles. The Balaban J connectivity index is 1.92. The van der Waals surface area contributed by atoms with Crippen molar-refractivity contribution in [3.8, 4) is 0 Å². The second kappa shape index (κ2) is 6.28. The fourth-order valence-electron chi connectivity index (χ4n) is 4.17. The maximum absolute atomic E-state index is 6.78. The van der Waals surface area contributed by atoms with E-state index in [9.17, 15) is 0 Å². The third kappa shape index (κ3) is 3.30. The van der Waals surface area contributed by atoms with Gasteiger partial charge in [0.2, 0.25) is 0 Å². The Hall–Kier alpha value is -1.34. The monoisotopic (exact) mass is 310 g/mol. The van der Waals surface area contributed by atoms with Gasteiger partial charge in [0.05, 0.1) is 11.7 Å². The van der Waals surface area contributed by atoms with Gasteiger partial charge in [-0.05, 0) is 64.9 Å². The number of aryl methyl sites for hydroxylation is 1. The van der Waals surface area contributed by atoms with Crippen molar-refractivity contribution >= 4 is 0 Å². The van der Waals surface area contributed by atoms with Gasteiger partial charge in [-0.1, -0.05) is 53.6 Å². The minimum absolute atomic E-state index is 0.0516. The van der Waals surface area contributed by atoms with Gasteiger partial charge >= 0.3 is 0 Å². The first kappa shape index (κ1) is 16.5. The van der Waals surface area contributed by atoms with E-state index < -0.39 is 0 Å². The van der Waals surface area contributed by atoms with E-state index in [1.165, 1.54) is 35.1 Å². The van der Waals surface area contributed by atoms with Crippen LogP contribution in [0, 0.1) is 18.8 Å². The first-order valence-electron chi connectivity index (χ1n) is 8.94. The average Bonchev–Trinajstić information content (AvgIpc) is 2.52. The van der Waals surface area contributed by atoms with Gasteiger partial charge in [0.15, 0.2) is 0 Å². The Morgan fingerprint density at radius 2 is 2.00 bits per heavy atom. The van der Waals surface area contributed by atoms with Gasteiger partial charge in [-0.3, -0.25) is 0 Å². The lowest BCUT2D eigenvalue weighted by Gasteiger charge is -2.52. The summed E-state index contributed by atoms with van der Waals surface area (Å²) in [6, 6.07) is 8.88. The molecular formula is C22H30O. The van der Waals surface area contributed by atoms with Gasteiger partial charge in [0, 0.05) is 5.92 Å². The number of rotatable bonds is 3. The summed E-state index contributed by atoms with van der Waals surface area (Å²) >= 11 is 0. The number of allylic oxidation sites excluding steroid dienone is 1. The highest BCUT2D eigenvalue weighted by atomic mass is 16.5. The van der Waals surface area contributed by atoms with Crippen molar-refractivity contribution in [3.63, 3.8) is 0 Å². The van der Waals surface area contributed by atoms with E-state index in [4.69, 9.17) is 4.74 Å². The predicted octanol–water partition coefficient (Wildman–Crippen LogP) is 6.15. The van der Waals surface area contributed by atoms with Gasteiger partial charge in [-0.15, -0.1) is 0 Å². The molecule has 1 aliphatic carbocycles. The molecule has 0 spiro atoms. The second-order valence-corrected chi connectivity index (χ2v) is 7.98. The first-order valence-corrected chi connectivity index (χ1v) is 8.94. The number of benzene rings is 1. The van der Waals surface area contributed by atoms with E-state index in [0.29, 0.717) is 11.8 Å². The zero-order valence-electron chi connectivity index (χ0n) is 15.1. The summed E-state index contributed by atoms with van der Waals surface area (Å²) in [5.41, 5.74) is 5.33. The van der Waals surface area contributed by atoms with E-state index in [1.54, 1.807) is 0 Å². The molecule has 0 unspecified atom stereocenters. The molecule has 2 fully saturated rings. The van der Waals surface area contributed by atoms with E-state index in [0.717, 1.165) is 12.8 Å². The van der Waals surface area contributed by atoms with Crippen LogP contribution in [0.1, 0.15) is 63.7 Å². The standard InChI is InChI=1S/C22H30O/c1-15(2)12-13-22(5)19-11-8-17(4)20(14-19)21(23-22)18-9-6-16(3)7-10-18/h6-7,9-10,12,19-21H,4,8,11,13-14H2,1-3,5H3/t19-,20+,21+,22+/m0/s1. The summed E-state index contributed by atoms with van der Waals surface area (Å²) in [6.07, 6.45) is 7.13. The fraction of sp³-hybridized carbons (Fsp3) is 0.545. The number of hydrogen-bond acceptors (Lipinski definition) is 1. The molecule has 2 aliphatic rings. The van der Waals surface area contributed by atoms with Crippen molar-refractivity contribution in [3.05, 3.63) is 59.2 Å². The molecule has 0 N–H and O–H groups in total. The quantitative estimate of drug-likeness (QED) is 0.608. The van der Waals surface area contributed by atoms with Crippen LogP contribution >= 0.6 is 0 Å². The normalized spacial score (nSPS) is 33.4. The van der Waals surface area contributed by atoms with Crippen LogP contribution in [-0.2, 0) is 4.74 Å². The zero-order chi connectivity index (χ0) is 16.6. The summed E-state index contributed by atoms with van der Waals surface area (Å²) in [5.74, 6) is 1.13. The van der Waals surface area contributed by atoms with Gasteiger partial charge in [0.1, 0.15) is 0 Å². The second-order valence-electron chi connectivity index (χ2n) is 7.98. The SMILES string of the molecule is C=C1CC[C@H]2C[C@H]1[C@@H](c1ccc(C)cc1)O[C@]2(C)CC=C(C)C. The van der Waals surface area contributed by atoms with Crippen LogP contribution in [0.4, 0.5) is 0 Å². The highest BCUT2D eigenvalue weighted by molar-refractivity contribution is 5.28. The number of ether oxygens (including phenoxy) is 1. The van der Waals surface area contributed by atoms with Gasteiger partial charge in [-0.2, -0.15) is 0 Å². The zero-order valence-corrected chi connectivity index (χ0v) is 15.1. The van der Waals surface area contributed by atoms with Crippen molar-refractivity contribution in [2.24, 2.45) is 11.8 Å². The largest absolute Gasteiger partial charge is 0.366 e. The number of fused-ring (bicyclic) bond motifs is 2. The van der Waals surface area contributed by atoms with E-state index in [-0.39, 0.29) is 11.7 Å². The summed E-state index contributed by atoms with van der Waals surface area (Å²) < 4.78 is 6.78. The Labute approximate surface area is 141 Å². The molecule has 4 atom stereocenters. The highest BCUT2D eigenvalue weighted by Crippen LogP contribution is 2.53. The van der Waals surface area contributed by atoms with Crippen LogP contribution in [-0.4, -0.2) is 5.60 Å². The molecular weight excluding hydrogens is 280 g/mol. The smallest absolute Gasteiger partial charge is 0.0897 e. The van der Waals surface area contributed by atoms with Crippen molar-refractivity contribution in [2.45, 2.75) is 65.1 Å². The van der Waals surface area contributed by atoms with Crippen molar-refractivity contribution in [2.75, 3.05) is 0 Å². The van der Waals surface area contributed by atoms with Crippen molar-refractivity contribution in [1.82, 2.24) is 0 Å². The van der Waals surface area contributed by atoms with Gasteiger partial charge < -0.3 is 4.74 Å². The van der Waals surface area contributed by atoms with Crippen LogP contribution in [0.5, 0.6) is 0 Å². The first-order chi connectivity index (χ1) is 10.9. The van der Waals surface area contributed by atoms with Crippen LogP contribution in [0.25, 0.3) is 0 Å². The maximum Gasteiger partial charge on any atom is 0.0897 e. The molecule has 23 heavy (non-hydrogen) atoms. The van der Waals surface area contributed by atoms with Crippen molar-refractivity contribution in [1.29, 1.82) is 0 Å². The lowest BCUT2D eigenvalue weighted by atomic mass is 9.65. The molecule has 0 aromatic heterocycles. The lowest BCUT2D eigenvalue weighted by Crippen LogP contribution is -2.48. The molecule has 1 heteroatoms. The minimum atomic E-state index is -0.0516. The van der Waals surface area contributed by atoms with Gasteiger partial charge in [-0.25, -0.2) is 0 Å². The van der Waals surface area contributed by atoms with Crippen molar-refractivity contribution < 1.29 is 4.74 Å². The molecule has 1 aliphatic heterocycles. The van der Waals surface area contributed by atoms with E-state index in [1.807, 2.05) is 0 Å². The molecule has 0 amide bonds. The molecule has 1 aromatic carbocycles. The molecule has 124 valence electrons. The van der Waals surface area contributed by atoms with Crippen LogP contribution in [0.3, 0.4) is 0 Å². The molecule has 3 rings (SSSR count). The molecule has 1 aromatic rings. The molecule has 1 saturated carbocycles. The Morgan fingerprint density at radius 3 is 2.65 bits per heavy atom. The van der Waals surface area contributed by atoms with Gasteiger partial charge in [0.25, 0.3) is 0 Å². The summed E-state index contributed by atoms with van der Waals surface area (Å²) in [6.45, 7) is 13.2. The molecule has 0 radical (unpaired) electrons. The summed E-state index contributed by atoms with van der Waals surface area (Å²) in [7, 11) is 0. The van der Waals surface area contributed by atoms with Crippen LogP contribution in [0.2, 0.25) is 0 Å².